The molecule has 3 nitrogen and oxygen atoms in total. The number of nitrogen functional groups attached to an aromatic ring is 1. The van der Waals surface area contributed by atoms with Crippen LogP contribution in [0.25, 0.3) is 10.7 Å². The van der Waals surface area contributed by atoms with Crippen LogP contribution in [0.1, 0.15) is 12.6 Å². The number of thiophene rings is 1. The van der Waals surface area contributed by atoms with Crippen molar-refractivity contribution in [1.29, 1.82) is 0 Å². The van der Waals surface area contributed by atoms with Gasteiger partial charge in [0, 0.05) is 0 Å². The van der Waals surface area contributed by atoms with Crippen LogP contribution in [-0.2, 0) is 6.42 Å². The minimum Gasteiger partial charge on any atom is -0.396 e. The fourth-order valence-corrected chi connectivity index (χ4v) is 1.90. The van der Waals surface area contributed by atoms with Gasteiger partial charge in [0.05, 0.1) is 22.5 Å². The second-order valence-electron chi connectivity index (χ2n) is 2.93. The first-order valence-electron chi connectivity index (χ1n) is 4.46. The zero-order valence-electron chi connectivity index (χ0n) is 7.90. The molecule has 2 aromatic heterocycles. The third-order valence-corrected chi connectivity index (χ3v) is 2.84. The number of aryl methyl sites for hydroxylation is 1. The standard InChI is InChI=1S/C10H11N3S/c1-2-8-7(11)6-12-10(13-8)9-4-3-5-14-9/h3-6H,2,11H2,1H3. The molecular formula is C10H11N3S. The minimum absolute atomic E-state index is 0.674. The van der Waals surface area contributed by atoms with Gasteiger partial charge in [-0.25, -0.2) is 9.97 Å². The van der Waals surface area contributed by atoms with Crippen molar-refractivity contribution in [1.82, 2.24) is 9.97 Å². The molecule has 0 saturated carbocycles. The van der Waals surface area contributed by atoms with Crippen LogP contribution in [0.15, 0.2) is 23.7 Å². The Morgan fingerprint density at radius 1 is 1.50 bits per heavy atom. The summed E-state index contributed by atoms with van der Waals surface area (Å²) in [5, 5.41) is 2.01. The summed E-state index contributed by atoms with van der Waals surface area (Å²) in [6.07, 6.45) is 2.52. The molecule has 0 fully saturated rings. The summed E-state index contributed by atoms with van der Waals surface area (Å²) in [6, 6.07) is 4.00. The number of aromatic nitrogens is 2. The Kier molecular flexibility index (Phi) is 2.45. The second-order valence-corrected chi connectivity index (χ2v) is 3.87. The lowest BCUT2D eigenvalue weighted by atomic mass is 10.3. The molecule has 0 saturated heterocycles. The van der Waals surface area contributed by atoms with E-state index in [9.17, 15) is 0 Å². The Hall–Kier alpha value is -1.42. The number of anilines is 1. The van der Waals surface area contributed by atoms with Crippen molar-refractivity contribution in [3.8, 4) is 10.7 Å². The van der Waals surface area contributed by atoms with Crippen molar-refractivity contribution in [3.05, 3.63) is 29.4 Å². The molecule has 0 aliphatic rings. The Balaban J connectivity index is 2.46. The molecule has 0 atom stereocenters. The van der Waals surface area contributed by atoms with Gasteiger partial charge in [0.2, 0.25) is 0 Å². The number of rotatable bonds is 2. The topological polar surface area (TPSA) is 51.8 Å². The summed E-state index contributed by atoms with van der Waals surface area (Å²) in [4.78, 5) is 9.69. The van der Waals surface area contributed by atoms with Crippen LogP contribution in [0.3, 0.4) is 0 Å². The maximum Gasteiger partial charge on any atom is 0.169 e. The highest BCUT2D eigenvalue weighted by atomic mass is 32.1. The van der Waals surface area contributed by atoms with Crippen LogP contribution in [-0.4, -0.2) is 9.97 Å². The molecule has 2 aromatic rings. The quantitative estimate of drug-likeness (QED) is 0.818. The summed E-state index contributed by atoms with van der Waals surface area (Å²) in [5.41, 5.74) is 7.33. The molecule has 0 bridgehead atoms. The van der Waals surface area contributed by atoms with E-state index in [4.69, 9.17) is 5.73 Å². The van der Waals surface area contributed by atoms with E-state index >= 15 is 0 Å². The van der Waals surface area contributed by atoms with Crippen molar-refractivity contribution in [2.75, 3.05) is 5.73 Å². The summed E-state index contributed by atoms with van der Waals surface area (Å²) in [5.74, 6) is 0.769. The van der Waals surface area contributed by atoms with Gasteiger partial charge < -0.3 is 5.73 Å². The van der Waals surface area contributed by atoms with E-state index in [0.29, 0.717) is 5.69 Å². The first-order chi connectivity index (χ1) is 6.81. The number of hydrogen-bond donors (Lipinski definition) is 1. The van der Waals surface area contributed by atoms with Crippen molar-refractivity contribution < 1.29 is 0 Å². The van der Waals surface area contributed by atoms with Crippen molar-refractivity contribution in [3.63, 3.8) is 0 Å². The number of nitrogens with zero attached hydrogens (tertiary/aromatic N) is 2. The maximum atomic E-state index is 5.73. The molecule has 0 aliphatic carbocycles. The lowest BCUT2D eigenvalue weighted by Gasteiger charge is -2.02. The third-order valence-electron chi connectivity index (χ3n) is 1.98. The summed E-state index contributed by atoms with van der Waals surface area (Å²) in [6.45, 7) is 2.04. The van der Waals surface area contributed by atoms with Crippen LogP contribution in [0, 0.1) is 0 Å². The molecular weight excluding hydrogens is 194 g/mol. The van der Waals surface area contributed by atoms with E-state index in [1.807, 2.05) is 24.4 Å². The molecule has 14 heavy (non-hydrogen) atoms. The van der Waals surface area contributed by atoms with Gasteiger partial charge in [-0.2, -0.15) is 0 Å². The summed E-state index contributed by atoms with van der Waals surface area (Å²) < 4.78 is 0. The number of hydrogen-bond acceptors (Lipinski definition) is 4. The Morgan fingerprint density at radius 2 is 2.36 bits per heavy atom. The highest BCUT2D eigenvalue weighted by molar-refractivity contribution is 7.13. The average Bonchev–Trinajstić information content (AvgIpc) is 2.71. The molecule has 2 heterocycles. The lowest BCUT2D eigenvalue weighted by molar-refractivity contribution is 1.01. The fraction of sp³-hybridized carbons (Fsp3) is 0.200. The Bertz CT molecular complexity index is 423. The highest BCUT2D eigenvalue weighted by Gasteiger charge is 2.05. The Labute approximate surface area is 86.6 Å². The van der Waals surface area contributed by atoms with Crippen LogP contribution >= 0.6 is 11.3 Å². The molecule has 72 valence electrons. The molecule has 0 unspecified atom stereocenters. The number of nitrogens with two attached hydrogens (primary N) is 1. The summed E-state index contributed by atoms with van der Waals surface area (Å²) >= 11 is 1.64. The predicted molar refractivity (Wildman–Crippen MR) is 59.1 cm³/mol. The van der Waals surface area contributed by atoms with Gasteiger partial charge in [0.15, 0.2) is 5.82 Å². The van der Waals surface area contributed by atoms with Crippen molar-refractivity contribution in [2.24, 2.45) is 0 Å². The third kappa shape index (κ3) is 1.61. The smallest absolute Gasteiger partial charge is 0.169 e. The molecule has 0 aliphatic heterocycles. The van der Waals surface area contributed by atoms with E-state index in [-0.39, 0.29) is 0 Å². The SMILES string of the molecule is CCc1nc(-c2cccs2)ncc1N. The van der Waals surface area contributed by atoms with Gasteiger partial charge in [0.25, 0.3) is 0 Å². The van der Waals surface area contributed by atoms with E-state index in [1.165, 1.54) is 0 Å². The van der Waals surface area contributed by atoms with Gasteiger partial charge in [-0.05, 0) is 17.9 Å². The zero-order chi connectivity index (χ0) is 9.97. The molecule has 0 amide bonds. The molecule has 0 radical (unpaired) electrons. The predicted octanol–water partition coefficient (Wildman–Crippen LogP) is 2.35. The van der Waals surface area contributed by atoms with E-state index in [2.05, 4.69) is 9.97 Å². The first kappa shape index (κ1) is 9.15. The molecule has 0 spiro atoms. The fourth-order valence-electron chi connectivity index (χ4n) is 1.23. The largest absolute Gasteiger partial charge is 0.396 e. The van der Waals surface area contributed by atoms with E-state index in [0.717, 1.165) is 22.8 Å². The Morgan fingerprint density at radius 3 is 3.00 bits per heavy atom. The van der Waals surface area contributed by atoms with Crippen LogP contribution < -0.4 is 5.73 Å². The second kappa shape index (κ2) is 3.75. The van der Waals surface area contributed by atoms with E-state index in [1.54, 1.807) is 17.5 Å². The van der Waals surface area contributed by atoms with Crippen LogP contribution in [0.4, 0.5) is 5.69 Å². The van der Waals surface area contributed by atoms with Crippen molar-refractivity contribution >= 4 is 17.0 Å². The molecule has 2 rings (SSSR count). The van der Waals surface area contributed by atoms with Gasteiger partial charge in [-0.15, -0.1) is 11.3 Å². The molecule has 2 N–H and O–H groups in total. The van der Waals surface area contributed by atoms with Gasteiger partial charge in [-0.3, -0.25) is 0 Å². The maximum absolute atomic E-state index is 5.73. The van der Waals surface area contributed by atoms with Gasteiger partial charge in [-0.1, -0.05) is 13.0 Å². The van der Waals surface area contributed by atoms with Crippen LogP contribution in [0.2, 0.25) is 0 Å². The normalized spacial score (nSPS) is 10.4. The monoisotopic (exact) mass is 205 g/mol. The zero-order valence-corrected chi connectivity index (χ0v) is 8.71. The van der Waals surface area contributed by atoms with Gasteiger partial charge in [0.1, 0.15) is 0 Å². The molecule has 4 heteroatoms. The van der Waals surface area contributed by atoms with Gasteiger partial charge >= 0.3 is 0 Å². The minimum atomic E-state index is 0.674. The van der Waals surface area contributed by atoms with Crippen LogP contribution in [0.5, 0.6) is 0 Å². The lowest BCUT2D eigenvalue weighted by Crippen LogP contribution is -1.99. The average molecular weight is 205 g/mol. The molecule has 0 aromatic carbocycles. The summed E-state index contributed by atoms with van der Waals surface area (Å²) in [7, 11) is 0. The van der Waals surface area contributed by atoms with E-state index < -0.39 is 0 Å². The van der Waals surface area contributed by atoms with Crippen molar-refractivity contribution in [2.45, 2.75) is 13.3 Å². The first-order valence-corrected chi connectivity index (χ1v) is 5.34. The highest BCUT2D eigenvalue weighted by Crippen LogP contribution is 2.22.